The topological polar surface area (TPSA) is 185 Å². The molecule has 186 valence electrons. The average Bonchev–Trinajstić information content (AvgIpc) is 3.22. The molecule has 0 bridgehead atoms. The van der Waals surface area contributed by atoms with Gasteiger partial charge in [-0.1, -0.05) is 0 Å². The van der Waals surface area contributed by atoms with Crippen molar-refractivity contribution in [3.8, 4) is 0 Å². The Morgan fingerprint density at radius 1 is 1.26 bits per heavy atom. The highest BCUT2D eigenvalue weighted by molar-refractivity contribution is 7.80. The van der Waals surface area contributed by atoms with E-state index >= 15 is 0 Å². The van der Waals surface area contributed by atoms with Crippen LogP contribution < -0.4 is 10.0 Å². The quantitative estimate of drug-likeness (QED) is 0.302. The lowest BCUT2D eigenvalue weighted by Crippen LogP contribution is -2.50. The Bertz CT molecular complexity index is 1150. The van der Waals surface area contributed by atoms with Gasteiger partial charge in [0, 0.05) is 34.0 Å². The lowest BCUT2D eigenvalue weighted by Gasteiger charge is -2.34. The van der Waals surface area contributed by atoms with E-state index in [2.05, 4.69) is 9.97 Å². The van der Waals surface area contributed by atoms with Gasteiger partial charge in [0.2, 0.25) is 0 Å². The minimum Gasteiger partial charge on any atom is -0.463 e. The normalized spacial score (nSPS) is 25.1. The first kappa shape index (κ1) is 25.3. The number of nitrogen functional groups attached to an aromatic ring is 1. The van der Waals surface area contributed by atoms with Gasteiger partial charge in [0.15, 0.2) is 17.9 Å². The van der Waals surface area contributed by atoms with E-state index in [1.165, 1.54) is 51.8 Å². The Kier molecular flexibility index (Phi) is 7.09. The number of esters is 3. The third kappa shape index (κ3) is 4.67. The Hall–Kier alpha value is -3.30. The first-order chi connectivity index (χ1) is 15.9. The van der Waals surface area contributed by atoms with Crippen molar-refractivity contribution in [3.05, 3.63) is 12.5 Å². The van der Waals surface area contributed by atoms with Gasteiger partial charge in [0.1, 0.15) is 30.5 Å². The van der Waals surface area contributed by atoms with Crippen LogP contribution in [0.2, 0.25) is 0 Å². The predicted octanol–water partition coefficient (Wildman–Crippen LogP) is 0.300. The number of ether oxygens (including phenoxy) is 4. The fourth-order valence-electron chi connectivity index (χ4n) is 3.93. The smallest absolute Gasteiger partial charge is 0.303 e. The zero-order valence-corrected chi connectivity index (χ0v) is 19.9. The molecule has 0 spiro atoms. The molecule has 1 aliphatic heterocycles. The molecule has 5 atom stereocenters. The number of fused-ring (bicyclic) bond motifs is 1. The van der Waals surface area contributed by atoms with Crippen molar-refractivity contribution in [2.75, 3.05) is 23.7 Å². The van der Waals surface area contributed by atoms with E-state index in [4.69, 9.17) is 24.7 Å². The molecule has 0 aliphatic carbocycles. The zero-order valence-electron chi connectivity index (χ0n) is 19.1. The molecule has 2 aromatic heterocycles. The highest BCUT2D eigenvalue weighted by atomic mass is 32.2. The molecule has 0 amide bonds. The van der Waals surface area contributed by atoms with Crippen LogP contribution in [0.3, 0.4) is 0 Å². The second-order valence-corrected chi connectivity index (χ2v) is 8.75. The zero-order chi connectivity index (χ0) is 25.4. The van der Waals surface area contributed by atoms with Gasteiger partial charge in [-0.15, -0.1) is 0 Å². The van der Waals surface area contributed by atoms with Gasteiger partial charge < -0.3 is 24.7 Å². The Morgan fingerprint density at radius 2 is 1.94 bits per heavy atom. The van der Waals surface area contributed by atoms with Crippen molar-refractivity contribution in [1.29, 1.82) is 0 Å². The van der Waals surface area contributed by atoms with Crippen molar-refractivity contribution in [2.45, 2.75) is 51.7 Å². The van der Waals surface area contributed by atoms with Gasteiger partial charge in [0.25, 0.3) is 11.3 Å². The van der Waals surface area contributed by atoms with Crippen LogP contribution in [-0.2, 0) is 44.6 Å². The lowest BCUT2D eigenvalue weighted by molar-refractivity contribution is -0.184. The number of nitrogens with two attached hydrogens (primary N) is 1. The molecule has 15 heteroatoms. The largest absolute Gasteiger partial charge is 0.463 e. The summed E-state index contributed by atoms with van der Waals surface area (Å²) in [7, 11) is 1.35. The van der Waals surface area contributed by atoms with Crippen LogP contribution in [-0.4, -0.2) is 72.7 Å². The van der Waals surface area contributed by atoms with Gasteiger partial charge in [-0.25, -0.2) is 14.2 Å². The minimum absolute atomic E-state index is 0.0243. The van der Waals surface area contributed by atoms with Crippen LogP contribution in [0.1, 0.15) is 33.9 Å². The number of carbonyl (C=O) groups is 3. The molecule has 0 aromatic carbocycles. The molecular formula is C19H25N5O9S. The summed E-state index contributed by atoms with van der Waals surface area (Å²) in [5.74, 6) is -1.94. The second kappa shape index (κ2) is 9.52. The number of rotatable bonds is 7. The molecule has 0 radical (unpaired) electrons. The van der Waals surface area contributed by atoms with Crippen LogP contribution in [0.5, 0.6) is 0 Å². The summed E-state index contributed by atoms with van der Waals surface area (Å²) in [6.45, 7) is 4.74. The second-order valence-electron chi connectivity index (χ2n) is 7.74. The first-order valence-corrected chi connectivity index (χ1v) is 11.0. The molecule has 0 saturated carbocycles. The molecule has 1 saturated heterocycles. The maximum atomic E-state index is 12.1. The molecule has 1 aliphatic rings. The fourth-order valence-corrected chi connectivity index (χ4v) is 4.24. The Labute approximate surface area is 196 Å². The molecule has 1 fully saturated rings. The summed E-state index contributed by atoms with van der Waals surface area (Å²) in [6, 6.07) is 0. The summed E-state index contributed by atoms with van der Waals surface area (Å²) in [6.07, 6.45) is -0.761. The van der Waals surface area contributed by atoms with E-state index in [1.54, 1.807) is 0 Å². The van der Waals surface area contributed by atoms with Crippen molar-refractivity contribution < 1.29 is 42.1 Å². The lowest BCUT2D eigenvalue weighted by atomic mass is 9.95. The van der Waals surface area contributed by atoms with E-state index < -0.39 is 53.2 Å². The van der Waals surface area contributed by atoms with Crippen molar-refractivity contribution in [1.82, 2.24) is 14.5 Å². The molecule has 14 nitrogen and oxygen atoms in total. The van der Waals surface area contributed by atoms with Crippen LogP contribution in [0.15, 0.2) is 12.5 Å². The van der Waals surface area contributed by atoms with Gasteiger partial charge >= 0.3 is 17.9 Å². The molecule has 34 heavy (non-hydrogen) atoms. The average molecular weight is 500 g/mol. The van der Waals surface area contributed by atoms with Crippen LogP contribution >= 0.6 is 0 Å². The van der Waals surface area contributed by atoms with Crippen molar-refractivity contribution in [3.63, 3.8) is 0 Å². The minimum atomic E-state index is -2.42. The molecule has 5 unspecified atom stereocenters. The number of carbonyl (C=O) groups excluding carboxylic acids is 3. The van der Waals surface area contributed by atoms with Crippen LogP contribution in [0.4, 0.5) is 11.5 Å². The molecule has 3 N–H and O–H groups in total. The van der Waals surface area contributed by atoms with Crippen LogP contribution in [0.25, 0.3) is 11.0 Å². The first-order valence-electron chi connectivity index (χ1n) is 9.98. The number of nitrogens with zero attached hydrogens (tertiary/aromatic N) is 4. The van der Waals surface area contributed by atoms with Crippen molar-refractivity contribution in [2.24, 2.45) is 0 Å². The van der Waals surface area contributed by atoms with E-state index in [0.717, 1.165) is 4.31 Å². The van der Waals surface area contributed by atoms with E-state index in [9.17, 15) is 23.1 Å². The van der Waals surface area contributed by atoms with E-state index in [-0.39, 0.29) is 29.1 Å². The van der Waals surface area contributed by atoms with Gasteiger partial charge in [0.05, 0.1) is 11.1 Å². The predicted molar refractivity (Wildman–Crippen MR) is 117 cm³/mol. The molecular weight excluding hydrogens is 474 g/mol. The maximum absolute atomic E-state index is 12.1. The highest BCUT2D eigenvalue weighted by Crippen LogP contribution is 2.46. The third-order valence-corrected chi connectivity index (χ3v) is 5.91. The third-order valence-electron chi connectivity index (χ3n) is 5.25. The number of aromatic nitrogens is 3. The molecule has 3 rings (SSSR count). The molecule has 3 heterocycles. The SMILES string of the molecule is CC(=O)OCC1OC(n2cc(N(C)S(=O)O)c3c(N)ncnc32)C(C)(OC(C)=O)C1OC(C)=O. The Balaban J connectivity index is 2.22. The standard InChI is InChI=1S/C19H25N5O9S/c1-9(25)30-7-13-15(31-10(2)26)19(4,33-11(3)27)18(32-13)24-6-12(23(5)34(28)29)14-16(20)21-8-22-17(14)24/h6,8,13,15,18H,7H2,1-5H3,(H,28,29)(H2,20,21,22). The number of hydrogen-bond acceptors (Lipinski definition) is 11. The van der Waals surface area contributed by atoms with Crippen molar-refractivity contribution >= 4 is 51.7 Å². The van der Waals surface area contributed by atoms with Crippen LogP contribution in [0, 0.1) is 0 Å². The fraction of sp³-hybridized carbons (Fsp3) is 0.526. The van der Waals surface area contributed by atoms with Gasteiger partial charge in [-0.2, -0.15) is 0 Å². The van der Waals surface area contributed by atoms with E-state index in [1.807, 2.05) is 0 Å². The summed E-state index contributed by atoms with van der Waals surface area (Å²) < 4.78 is 46.1. The summed E-state index contributed by atoms with van der Waals surface area (Å²) in [5, 5.41) is 0.244. The summed E-state index contributed by atoms with van der Waals surface area (Å²) in [4.78, 5) is 43.5. The Morgan fingerprint density at radius 3 is 2.50 bits per heavy atom. The summed E-state index contributed by atoms with van der Waals surface area (Å²) >= 11 is -2.42. The highest BCUT2D eigenvalue weighted by Gasteiger charge is 2.60. The number of hydrogen-bond donors (Lipinski definition) is 2. The van der Waals surface area contributed by atoms with Gasteiger partial charge in [-0.05, 0) is 6.92 Å². The van der Waals surface area contributed by atoms with Gasteiger partial charge in [-0.3, -0.25) is 27.8 Å². The summed E-state index contributed by atoms with van der Waals surface area (Å²) in [5.41, 5.74) is 4.79. The maximum Gasteiger partial charge on any atom is 0.303 e. The van der Waals surface area contributed by atoms with E-state index in [0.29, 0.717) is 0 Å². The number of anilines is 2. The monoisotopic (exact) mass is 499 g/mol. The molecule has 2 aromatic rings.